The lowest BCUT2D eigenvalue weighted by Crippen LogP contribution is -2.39. The van der Waals surface area contributed by atoms with Crippen molar-refractivity contribution in [3.05, 3.63) is 71.3 Å². The zero-order valence-corrected chi connectivity index (χ0v) is 21.0. The molecule has 2 rings (SSSR count). The van der Waals surface area contributed by atoms with Crippen LogP contribution in [0.3, 0.4) is 0 Å². The molecule has 0 aromatic heterocycles. The molecule has 31 heavy (non-hydrogen) atoms. The third kappa shape index (κ3) is 8.49. The van der Waals surface area contributed by atoms with Gasteiger partial charge >= 0.3 is 0 Å². The van der Waals surface area contributed by atoms with Crippen molar-refractivity contribution in [1.82, 2.24) is 15.5 Å². The molecule has 2 aromatic carbocycles. The number of guanidine groups is 1. The molecule has 6 nitrogen and oxygen atoms in total. The molecule has 0 bridgehead atoms. The number of nitrogens with zero attached hydrogens (tertiary/aromatic N) is 2. The Morgan fingerprint density at radius 1 is 1.00 bits per heavy atom. The second-order valence-corrected chi connectivity index (χ2v) is 7.04. The van der Waals surface area contributed by atoms with E-state index in [2.05, 4.69) is 15.6 Å². The van der Waals surface area contributed by atoms with Crippen LogP contribution < -0.4 is 10.6 Å². The topological polar surface area (TPSA) is 77.0 Å². The number of benzene rings is 2. The number of hydrogen-bond donors (Lipinski definition) is 3. The summed E-state index contributed by atoms with van der Waals surface area (Å²) in [6.45, 7) is 9.31. The molecule has 0 fully saturated rings. The van der Waals surface area contributed by atoms with Gasteiger partial charge in [0, 0.05) is 37.7 Å². The van der Waals surface area contributed by atoms with E-state index >= 15 is 0 Å². The van der Waals surface area contributed by atoms with Gasteiger partial charge in [-0.05, 0) is 44.0 Å². The molecule has 0 aliphatic carbocycles. The van der Waals surface area contributed by atoms with Crippen LogP contribution in [0.4, 0.5) is 0 Å². The second kappa shape index (κ2) is 14.8. The Balaban J connectivity index is 0.00000480. The molecule has 170 valence electrons. The maximum atomic E-state index is 12.4. The number of amides is 1. The molecule has 7 heteroatoms. The van der Waals surface area contributed by atoms with Crippen LogP contribution in [0.15, 0.2) is 59.6 Å². The van der Waals surface area contributed by atoms with Gasteiger partial charge in [-0.15, -0.1) is 24.0 Å². The quantitative estimate of drug-likeness (QED) is 0.246. The fraction of sp³-hybridized carbons (Fsp3) is 0.417. The van der Waals surface area contributed by atoms with Gasteiger partial charge < -0.3 is 20.6 Å². The summed E-state index contributed by atoms with van der Waals surface area (Å²) in [5, 5.41) is 16.3. The molecular weight excluding hydrogens is 503 g/mol. The lowest BCUT2D eigenvalue weighted by Gasteiger charge is -2.19. The summed E-state index contributed by atoms with van der Waals surface area (Å²) in [4.78, 5) is 18.9. The number of aliphatic imine (C=N–C) groups is 1. The Hall–Kier alpha value is -2.13. The molecule has 0 saturated heterocycles. The highest BCUT2D eigenvalue weighted by Crippen LogP contribution is 2.13. The average Bonchev–Trinajstić information content (AvgIpc) is 2.79. The average molecular weight is 538 g/mol. The minimum Gasteiger partial charge on any atom is -0.396 e. The lowest BCUT2D eigenvalue weighted by atomic mass is 10.0. The fourth-order valence-electron chi connectivity index (χ4n) is 3.19. The van der Waals surface area contributed by atoms with E-state index in [1.165, 1.54) is 0 Å². The van der Waals surface area contributed by atoms with Gasteiger partial charge in [0.2, 0.25) is 0 Å². The Morgan fingerprint density at radius 3 is 2.19 bits per heavy atom. The molecule has 3 N–H and O–H groups in total. The molecule has 1 amide bonds. The zero-order valence-electron chi connectivity index (χ0n) is 18.7. The van der Waals surface area contributed by atoms with Gasteiger partial charge in [0.15, 0.2) is 5.96 Å². The highest BCUT2D eigenvalue weighted by molar-refractivity contribution is 14.0. The van der Waals surface area contributed by atoms with Crippen molar-refractivity contribution in [1.29, 1.82) is 0 Å². The van der Waals surface area contributed by atoms with E-state index in [0.29, 0.717) is 37.7 Å². The van der Waals surface area contributed by atoms with E-state index in [1.807, 2.05) is 80.3 Å². The van der Waals surface area contributed by atoms with Gasteiger partial charge in [0.05, 0.1) is 13.2 Å². The van der Waals surface area contributed by atoms with Crippen LogP contribution in [0.1, 0.15) is 48.2 Å². The molecule has 0 aliphatic rings. The fourth-order valence-corrected chi connectivity index (χ4v) is 3.19. The van der Waals surface area contributed by atoms with Crippen LogP contribution in [0.5, 0.6) is 0 Å². The number of carbonyl (C=O) groups excluding carboxylic acids is 1. The monoisotopic (exact) mass is 538 g/mol. The molecular formula is C24H35IN4O2. The molecule has 0 aliphatic heterocycles. The van der Waals surface area contributed by atoms with Crippen molar-refractivity contribution in [2.24, 2.45) is 4.99 Å². The summed E-state index contributed by atoms with van der Waals surface area (Å²) in [7, 11) is 0. The highest BCUT2D eigenvalue weighted by Gasteiger charge is 2.12. The third-order valence-corrected chi connectivity index (χ3v) is 5.02. The van der Waals surface area contributed by atoms with Gasteiger partial charge in [-0.3, -0.25) is 4.79 Å². The molecule has 2 aromatic rings. The minimum atomic E-state index is 0. The summed E-state index contributed by atoms with van der Waals surface area (Å²) in [5.41, 5.74) is 2.83. The predicted molar refractivity (Wildman–Crippen MR) is 138 cm³/mol. The maximum Gasteiger partial charge on any atom is 0.253 e. The number of carbonyl (C=O) groups is 1. The van der Waals surface area contributed by atoms with E-state index in [1.54, 1.807) is 0 Å². The van der Waals surface area contributed by atoms with E-state index in [9.17, 15) is 9.90 Å². The van der Waals surface area contributed by atoms with Crippen molar-refractivity contribution in [2.45, 2.75) is 33.2 Å². The van der Waals surface area contributed by atoms with Crippen LogP contribution in [0.2, 0.25) is 0 Å². The number of halogens is 1. The van der Waals surface area contributed by atoms with Gasteiger partial charge in [-0.1, -0.05) is 42.5 Å². The smallest absolute Gasteiger partial charge is 0.253 e. The molecule has 0 spiro atoms. The van der Waals surface area contributed by atoms with Gasteiger partial charge in [0.1, 0.15) is 0 Å². The number of rotatable bonds is 10. The molecule has 1 atom stereocenters. The van der Waals surface area contributed by atoms with Gasteiger partial charge in [-0.25, -0.2) is 4.99 Å². The first kappa shape index (κ1) is 26.9. The summed E-state index contributed by atoms with van der Waals surface area (Å²) >= 11 is 0. The normalized spacial score (nSPS) is 11.9. The first-order valence-corrected chi connectivity index (χ1v) is 10.7. The SMILES string of the molecule is CCNC(=NCc1ccc(C(=O)N(CC)CC)cc1)NCC(CO)c1ccccc1.I. The second-order valence-electron chi connectivity index (χ2n) is 7.04. The van der Waals surface area contributed by atoms with E-state index in [4.69, 9.17) is 0 Å². The minimum absolute atomic E-state index is 0. The first-order valence-electron chi connectivity index (χ1n) is 10.7. The zero-order chi connectivity index (χ0) is 21.8. The Labute approximate surface area is 203 Å². The van der Waals surface area contributed by atoms with Crippen LogP contribution >= 0.6 is 24.0 Å². The van der Waals surface area contributed by atoms with Crippen molar-refractivity contribution in [2.75, 3.05) is 32.8 Å². The first-order chi connectivity index (χ1) is 14.6. The number of nitrogens with one attached hydrogen (secondary N) is 2. The molecule has 1 unspecified atom stereocenters. The van der Waals surface area contributed by atoms with Crippen LogP contribution in [0, 0.1) is 0 Å². The largest absolute Gasteiger partial charge is 0.396 e. The van der Waals surface area contributed by atoms with Crippen molar-refractivity contribution >= 4 is 35.8 Å². The molecule has 0 radical (unpaired) electrons. The Bertz CT molecular complexity index is 793. The third-order valence-electron chi connectivity index (χ3n) is 5.02. The summed E-state index contributed by atoms with van der Waals surface area (Å²) < 4.78 is 0. The van der Waals surface area contributed by atoms with Crippen molar-refractivity contribution in [3.8, 4) is 0 Å². The predicted octanol–water partition coefficient (Wildman–Crippen LogP) is 3.62. The van der Waals surface area contributed by atoms with Crippen LogP contribution in [0.25, 0.3) is 0 Å². The standard InChI is InChI=1S/C24H34N4O2.HI/c1-4-25-24(27-17-22(18-29)20-10-8-7-9-11-20)26-16-19-12-14-21(15-13-19)23(30)28(5-2)6-3;/h7-15,22,29H,4-6,16-18H2,1-3H3,(H2,25,26,27);1H. The summed E-state index contributed by atoms with van der Waals surface area (Å²) in [6.07, 6.45) is 0. The molecule has 0 heterocycles. The summed E-state index contributed by atoms with van der Waals surface area (Å²) in [6, 6.07) is 17.6. The van der Waals surface area contributed by atoms with E-state index in [0.717, 1.165) is 17.7 Å². The number of aliphatic hydroxyl groups excluding tert-OH is 1. The molecule has 0 saturated carbocycles. The van der Waals surface area contributed by atoms with Crippen LogP contribution in [-0.2, 0) is 6.54 Å². The van der Waals surface area contributed by atoms with E-state index < -0.39 is 0 Å². The van der Waals surface area contributed by atoms with Gasteiger partial charge in [0.25, 0.3) is 5.91 Å². The summed E-state index contributed by atoms with van der Waals surface area (Å²) in [5.74, 6) is 0.761. The Kier molecular flexibility index (Phi) is 12.8. The van der Waals surface area contributed by atoms with Crippen molar-refractivity contribution in [3.63, 3.8) is 0 Å². The van der Waals surface area contributed by atoms with Crippen LogP contribution in [-0.4, -0.2) is 54.7 Å². The van der Waals surface area contributed by atoms with Crippen molar-refractivity contribution < 1.29 is 9.90 Å². The highest BCUT2D eigenvalue weighted by atomic mass is 127. The maximum absolute atomic E-state index is 12.4. The lowest BCUT2D eigenvalue weighted by molar-refractivity contribution is 0.0773. The number of aliphatic hydroxyl groups is 1. The van der Waals surface area contributed by atoms with Gasteiger partial charge in [-0.2, -0.15) is 0 Å². The Morgan fingerprint density at radius 2 is 1.65 bits per heavy atom. The number of hydrogen-bond acceptors (Lipinski definition) is 3. The van der Waals surface area contributed by atoms with E-state index in [-0.39, 0.29) is 42.4 Å².